The van der Waals surface area contributed by atoms with Crippen LogP contribution in [0.4, 0.5) is 5.82 Å². The maximum atomic E-state index is 10.0. The Kier molecular flexibility index (Phi) is 3.44. The molecule has 1 fully saturated rings. The Balaban J connectivity index is 1.92. The zero-order valence-electron chi connectivity index (χ0n) is 10.5. The average Bonchev–Trinajstić information content (AvgIpc) is 3.01. The number of hydrogen-bond donors (Lipinski definition) is 5. The highest BCUT2D eigenvalue weighted by Gasteiger charge is 2.44. The molecule has 2 unspecified atom stereocenters. The summed E-state index contributed by atoms with van der Waals surface area (Å²) in [5.74, 6) is 0.536. The number of ether oxygens (including phenoxy) is 1. The third kappa shape index (κ3) is 1.91. The summed E-state index contributed by atoms with van der Waals surface area (Å²) >= 11 is 0. The van der Waals surface area contributed by atoms with Crippen molar-refractivity contribution in [3.8, 4) is 0 Å². The SMILES string of the molecule is OCC1N=CNc2c1ncn2C1O[C@H](CO)[C@@H](O)[C@H]1O. The van der Waals surface area contributed by atoms with Gasteiger partial charge in [0.15, 0.2) is 6.23 Å². The van der Waals surface area contributed by atoms with Gasteiger partial charge in [-0.15, -0.1) is 0 Å². The van der Waals surface area contributed by atoms with E-state index in [4.69, 9.17) is 9.84 Å². The van der Waals surface area contributed by atoms with Crippen LogP contribution in [0.25, 0.3) is 0 Å². The number of imidazole rings is 1. The summed E-state index contributed by atoms with van der Waals surface area (Å²) in [5.41, 5.74) is 0.535. The van der Waals surface area contributed by atoms with Crippen molar-refractivity contribution in [2.45, 2.75) is 30.6 Å². The molecule has 0 spiro atoms. The van der Waals surface area contributed by atoms with Gasteiger partial charge in [0, 0.05) is 0 Å². The average molecular weight is 284 g/mol. The molecule has 0 radical (unpaired) electrons. The van der Waals surface area contributed by atoms with Gasteiger partial charge in [0.25, 0.3) is 0 Å². The summed E-state index contributed by atoms with van der Waals surface area (Å²) in [6.07, 6.45) is -1.19. The van der Waals surface area contributed by atoms with Crippen LogP contribution in [0.2, 0.25) is 0 Å². The standard InChI is InChI=1S/C11H16N4O5/c16-1-5-7-10(13-3-12-5)15(4-14-7)11-9(19)8(18)6(2-17)20-11/h3-6,8-9,11,16-19H,1-2H2,(H,12,13)/t5?,6-,8-,9-,11?/m1/s1. The van der Waals surface area contributed by atoms with E-state index >= 15 is 0 Å². The van der Waals surface area contributed by atoms with Crippen LogP contribution in [-0.4, -0.2) is 67.8 Å². The number of aliphatic hydroxyl groups is 4. The quantitative estimate of drug-likeness (QED) is 0.433. The van der Waals surface area contributed by atoms with E-state index in [2.05, 4.69) is 15.3 Å². The first kappa shape index (κ1) is 13.5. The van der Waals surface area contributed by atoms with Gasteiger partial charge in [0.05, 0.1) is 25.9 Å². The molecular formula is C11H16N4O5. The summed E-state index contributed by atoms with van der Waals surface area (Å²) in [6.45, 7) is -0.572. The van der Waals surface area contributed by atoms with Gasteiger partial charge in [0.2, 0.25) is 0 Å². The van der Waals surface area contributed by atoms with Crippen LogP contribution in [0, 0.1) is 0 Å². The van der Waals surface area contributed by atoms with E-state index in [1.807, 2.05) is 0 Å². The highest BCUT2D eigenvalue weighted by molar-refractivity contribution is 5.78. The number of nitrogens with zero attached hydrogens (tertiary/aromatic N) is 3. The molecule has 1 aromatic rings. The molecule has 110 valence electrons. The number of aliphatic imine (C=N–C) groups is 1. The topological polar surface area (TPSA) is 132 Å². The second kappa shape index (κ2) is 5.11. The van der Waals surface area contributed by atoms with E-state index in [9.17, 15) is 15.3 Å². The molecular weight excluding hydrogens is 268 g/mol. The largest absolute Gasteiger partial charge is 0.394 e. The molecule has 9 heteroatoms. The first-order valence-corrected chi connectivity index (χ1v) is 6.25. The number of aliphatic hydroxyl groups excluding tert-OH is 4. The third-order valence-corrected chi connectivity index (χ3v) is 3.56. The number of rotatable bonds is 3. The maximum Gasteiger partial charge on any atom is 0.165 e. The highest BCUT2D eigenvalue weighted by Crippen LogP contribution is 2.35. The third-order valence-electron chi connectivity index (χ3n) is 3.56. The van der Waals surface area contributed by atoms with Gasteiger partial charge >= 0.3 is 0 Å². The van der Waals surface area contributed by atoms with Gasteiger partial charge in [-0.25, -0.2) is 4.98 Å². The number of nitrogens with one attached hydrogen (secondary N) is 1. The van der Waals surface area contributed by atoms with E-state index in [-0.39, 0.29) is 13.2 Å². The molecule has 0 aromatic carbocycles. The minimum Gasteiger partial charge on any atom is -0.394 e. The summed E-state index contributed by atoms with van der Waals surface area (Å²) in [7, 11) is 0. The Bertz CT molecular complexity index is 519. The highest BCUT2D eigenvalue weighted by atomic mass is 16.6. The van der Waals surface area contributed by atoms with Crippen LogP contribution in [0.1, 0.15) is 18.0 Å². The molecule has 0 aliphatic carbocycles. The molecule has 3 rings (SSSR count). The molecule has 0 amide bonds. The normalized spacial score (nSPS) is 35.9. The smallest absolute Gasteiger partial charge is 0.165 e. The van der Waals surface area contributed by atoms with Crippen molar-refractivity contribution in [2.75, 3.05) is 18.5 Å². The summed E-state index contributed by atoms with van der Waals surface area (Å²) in [6, 6.07) is -0.468. The van der Waals surface area contributed by atoms with Crippen LogP contribution < -0.4 is 5.32 Å². The minimum atomic E-state index is -1.18. The van der Waals surface area contributed by atoms with Crippen LogP contribution >= 0.6 is 0 Å². The van der Waals surface area contributed by atoms with Gasteiger partial charge in [0.1, 0.15) is 35.9 Å². The lowest BCUT2D eigenvalue weighted by Gasteiger charge is -2.21. The predicted octanol–water partition coefficient (Wildman–Crippen LogP) is -2.02. The van der Waals surface area contributed by atoms with Crippen molar-refractivity contribution in [1.29, 1.82) is 0 Å². The fourth-order valence-electron chi connectivity index (χ4n) is 2.46. The number of fused-ring (bicyclic) bond motifs is 1. The van der Waals surface area contributed by atoms with Gasteiger partial charge in [-0.3, -0.25) is 9.56 Å². The van der Waals surface area contributed by atoms with Crippen LogP contribution in [-0.2, 0) is 4.74 Å². The Morgan fingerprint density at radius 1 is 1.25 bits per heavy atom. The zero-order valence-corrected chi connectivity index (χ0v) is 10.5. The Morgan fingerprint density at radius 3 is 2.70 bits per heavy atom. The molecule has 0 bridgehead atoms. The Labute approximate surface area is 114 Å². The van der Waals surface area contributed by atoms with Crippen LogP contribution in [0.15, 0.2) is 11.3 Å². The fraction of sp³-hybridized carbons (Fsp3) is 0.636. The Hall–Kier alpha value is -1.52. The minimum absolute atomic E-state index is 0.182. The molecule has 20 heavy (non-hydrogen) atoms. The number of aromatic nitrogens is 2. The lowest BCUT2D eigenvalue weighted by molar-refractivity contribution is -0.0518. The van der Waals surface area contributed by atoms with Gasteiger partial charge < -0.3 is 30.5 Å². The first-order chi connectivity index (χ1) is 9.67. The summed E-state index contributed by atoms with van der Waals surface area (Å²) in [4.78, 5) is 8.20. The number of hydrogen-bond acceptors (Lipinski definition) is 8. The van der Waals surface area contributed by atoms with Gasteiger partial charge in [-0.05, 0) is 0 Å². The summed E-state index contributed by atoms with van der Waals surface area (Å²) < 4.78 is 6.96. The molecule has 1 saturated heterocycles. The zero-order chi connectivity index (χ0) is 14.3. The molecule has 2 aliphatic rings. The van der Waals surface area contributed by atoms with E-state index in [0.29, 0.717) is 11.5 Å². The predicted molar refractivity (Wildman–Crippen MR) is 67.2 cm³/mol. The lowest BCUT2D eigenvalue weighted by atomic mass is 10.1. The molecule has 2 aliphatic heterocycles. The van der Waals surface area contributed by atoms with Crippen molar-refractivity contribution in [2.24, 2.45) is 4.99 Å². The van der Waals surface area contributed by atoms with Crippen LogP contribution in [0.3, 0.4) is 0 Å². The molecule has 0 saturated carbocycles. The maximum absolute atomic E-state index is 10.0. The second-order valence-corrected chi connectivity index (χ2v) is 4.74. The van der Waals surface area contributed by atoms with E-state index < -0.39 is 30.6 Å². The van der Waals surface area contributed by atoms with Crippen molar-refractivity contribution < 1.29 is 25.2 Å². The first-order valence-electron chi connectivity index (χ1n) is 6.25. The second-order valence-electron chi connectivity index (χ2n) is 4.74. The molecule has 5 atom stereocenters. The van der Waals surface area contributed by atoms with Crippen molar-refractivity contribution in [3.63, 3.8) is 0 Å². The van der Waals surface area contributed by atoms with Gasteiger partial charge in [-0.2, -0.15) is 0 Å². The Morgan fingerprint density at radius 2 is 2.05 bits per heavy atom. The molecule has 9 nitrogen and oxygen atoms in total. The van der Waals surface area contributed by atoms with Crippen molar-refractivity contribution in [3.05, 3.63) is 12.0 Å². The summed E-state index contributed by atoms with van der Waals surface area (Å²) in [5, 5.41) is 41.0. The van der Waals surface area contributed by atoms with E-state index in [0.717, 1.165) is 0 Å². The number of anilines is 1. The molecule has 3 heterocycles. The van der Waals surface area contributed by atoms with E-state index in [1.165, 1.54) is 17.2 Å². The van der Waals surface area contributed by atoms with Gasteiger partial charge in [-0.1, -0.05) is 0 Å². The lowest BCUT2D eigenvalue weighted by Crippen LogP contribution is -2.33. The monoisotopic (exact) mass is 284 g/mol. The van der Waals surface area contributed by atoms with E-state index in [1.54, 1.807) is 0 Å². The fourth-order valence-corrected chi connectivity index (χ4v) is 2.46. The molecule has 1 aromatic heterocycles. The van der Waals surface area contributed by atoms with Crippen molar-refractivity contribution in [1.82, 2.24) is 9.55 Å². The molecule has 5 N–H and O–H groups in total. The van der Waals surface area contributed by atoms with Crippen molar-refractivity contribution >= 4 is 12.2 Å². The van der Waals surface area contributed by atoms with Crippen LogP contribution in [0.5, 0.6) is 0 Å².